The lowest BCUT2D eigenvalue weighted by atomic mass is 10.1. The molecule has 2 aromatic carbocycles. The fraction of sp³-hybridized carbons (Fsp3) is 0.167. The van der Waals surface area contributed by atoms with Gasteiger partial charge < -0.3 is 9.30 Å². The normalized spacial score (nSPS) is 11.5. The molecule has 0 bridgehead atoms. The van der Waals surface area contributed by atoms with Crippen molar-refractivity contribution in [2.24, 2.45) is 0 Å². The number of carbonyl (C=O) groups excluding carboxylic acids is 2. The van der Waals surface area contributed by atoms with Crippen molar-refractivity contribution in [3.05, 3.63) is 94.8 Å². The zero-order valence-corrected chi connectivity index (χ0v) is 18.8. The number of aryl methyl sites for hydroxylation is 1. The Morgan fingerprint density at radius 2 is 1.78 bits per heavy atom. The number of allylic oxidation sites excluding steroid dienone is 1. The van der Waals surface area contributed by atoms with Crippen LogP contribution in [0.15, 0.2) is 66.9 Å². The topological polar surface area (TPSA) is 94.5 Å². The second kappa shape index (κ2) is 9.65. The van der Waals surface area contributed by atoms with Gasteiger partial charge in [0.1, 0.15) is 5.75 Å². The molecule has 0 atom stereocenters. The molecule has 0 aliphatic carbocycles. The molecule has 1 amide bonds. The summed E-state index contributed by atoms with van der Waals surface area (Å²) >= 11 is 0. The van der Waals surface area contributed by atoms with Crippen LogP contribution in [0.4, 0.5) is 0 Å². The van der Waals surface area contributed by atoms with Crippen molar-refractivity contribution in [3.63, 3.8) is 0 Å². The monoisotopic (exact) mass is 452 g/mol. The van der Waals surface area contributed by atoms with E-state index in [1.165, 1.54) is 0 Å². The maximum atomic E-state index is 13.0. The molecule has 0 radical (unpaired) electrons. The largest absolute Gasteiger partial charge is 0.497 e. The van der Waals surface area contributed by atoms with Gasteiger partial charge in [0.25, 0.3) is 5.91 Å². The van der Waals surface area contributed by atoms with Crippen molar-refractivity contribution in [1.82, 2.24) is 9.29 Å². The van der Waals surface area contributed by atoms with Crippen LogP contribution >= 0.6 is 0 Å². The van der Waals surface area contributed by atoms with Crippen molar-refractivity contribution in [1.29, 1.82) is 0 Å². The Morgan fingerprint density at radius 1 is 1.09 bits per heavy atom. The third kappa shape index (κ3) is 5.73. The number of nitrogens with zero attached hydrogens (tertiary/aromatic N) is 1. The summed E-state index contributed by atoms with van der Waals surface area (Å²) in [7, 11) is -2.10. The fourth-order valence-electron chi connectivity index (χ4n) is 3.25. The number of amides is 1. The summed E-state index contributed by atoms with van der Waals surface area (Å²) in [6.45, 7) is 2.31. The number of carbonyl (C=O) groups is 2. The number of sulfonamides is 1. The standard InChI is InChI=1S/C24H24N2O5S/c1-17-15-22(23(27)19-10-12-20(31-2)13-11-19)26(16-17)14-6-8-18-7-4-5-9-21(18)24(28)25-32(3,29)30/h4-13,15-16H,14H2,1-3H3,(H,25,28)/b8-6+. The van der Waals surface area contributed by atoms with Crippen LogP contribution in [0, 0.1) is 6.92 Å². The minimum absolute atomic E-state index is 0.109. The number of methoxy groups -OCH3 is 1. The molecule has 0 aliphatic rings. The predicted octanol–water partition coefficient (Wildman–Crippen LogP) is 3.44. The molecule has 7 nitrogen and oxygen atoms in total. The maximum Gasteiger partial charge on any atom is 0.265 e. The van der Waals surface area contributed by atoms with E-state index < -0.39 is 15.9 Å². The number of benzene rings is 2. The summed E-state index contributed by atoms with van der Waals surface area (Å²) in [4.78, 5) is 25.3. The SMILES string of the molecule is COc1ccc(C(=O)c2cc(C)cn2C/C=C/c2ccccc2C(=O)NS(C)(=O)=O)cc1. The third-order valence-corrected chi connectivity index (χ3v) is 5.26. The second-order valence-electron chi connectivity index (χ2n) is 7.31. The lowest BCUT2D eigenvalue weighted by Gasteiger charge is -2.08. The van der Waals surface area contributed by atoms with Gasteiger partial charge in [-0.05, 0) is 54.4 Å². The van der Waals surface area contributed by atoms with E-state index in [0.717, 1.165) is 11.8 Å². The predicted molar refractivity (Wildman–Crippen MR) is 123 cm³/mol. The average Bonchev–Trinajstić information content (AvgIpc) is 3.12. The Balaban J connectivity index is 1.81. The van der Waals surface area contributed by atoms with Gasteiger partial charge in [-0.1, -0.05) is 30.4 Å². The highest BCUT2D eigenvalue weighted by molar-refractivity contribution is 7.89. The first-order chi connectivity index (χ1) is 15.2. The Kier molecular flexibility index (Phi) is 6.95. The Hall–Kier alpha value is -3.65. The highest BCUT2D eigenvalue weighted by atomic mass is 32.2. The number of hydrogen-bond acceptors (Lipinski definition) is 5. The fourth-order valence-corrected chi connectivity index (χ4v) is 3.70. The minimum Gasteiger partial charge on any atom is -0.497 e. The highest BCUT2D eigenvalue weighted by Crippen LogP contribution is 2.18. The lowest BCUT2D eigenvalue weighted by molar-refractivity contribution is 0.0980. The summed E-state index contributed by atoms with van der Waals surface area (Å²) in [5.74, 6) is -0.128. The quantitative estimate of drug-likeness (QED) is 0.529. The van der Waals surface area contributed by atoms with E-state index in [2.05, 4.69) is 0 Å². The van der Waals surface area contributed by atoms with Gasteiger partial charge in [0.15, 0.2) is 0 Å². The number of ether oxygens (including phenoxy) is 1. The van der Waals surface area contributed by atoms with Crippen LogP contribution in [-0.4, -0.2) is 38.0 Å². The molecule has 0 unspecified atom stereocenters. The Labute approximate surface area is 187 Å². The van der Waals surface area contributed by atoms with Crippen molar-refractivity contribution < 1.29 is 22.7 Å². The number of ketones is 1. The highest BCUT2D eigenvalue weighted by Gasteiger charge is 2.15. The molecule has 1 N–H and O–H groups in total. The molecule has 0 saturated heterocycles. The van der Waals surface area contributed by atoms with E-state index in [-0.39, 0.29) is 11.3 Å². The van der Waals surface area contributed by atoms with Crippen LogP contribution in [0.2, 0.25) is 0 Å². The molecular formula is C24H24N2O5S. The molecule has 8 heteroatoms. The molecule has 3 aromatic rings. The van der Waals surface area contributed by atoms with Gasteiger partial charge in [-0.25, -0.2) is 13.1 Å². The number of hydrogen-bond donors (Lipinski definition) is 1. The third-order valence-electron chi connectivity index (χ3n) is 4.70. The zero-order chi connectivity index (χ0) is 23.3. The average molecular weight is 453 g/mol. The van der Waals surface area contributed by atoms with Gasteiger partial charge in [-0.3, -0.25) is 9.59 Å². The molecule has 0 fully saturated rings. The summed E-state index contributed by atoms with van der Waals surface area (Å²) in [6.07, 6.45) is 6.35. The van der Waals surface area contributed by atoms with Crippen molar-refractivity contribution in [2.45, 2.75) is 13.5 Å². The van der Waals surface area contributed by atoms with Crippen LogP contribution in [0.5, 0.6) is 5.75 Å². The van der Waals surface area contributed by atoms with Crippen LogP contribution in [0.3, 0.4) is 0 Å². The lowest BCUT2D eigenvalue weighted by Crippen LogP contribution is -2.29. The molecule has 1 heterocycles. The van der Waals surface area contributed by atoms with Gasteiger partial charge in [0.05, 0.1) is 19.1 Å². The molecule has 1 aromatic heterocycles. The summed E-state index contributed by atoms with van der Waals surface area (Å²) < 4.78 is 31.7. The number of rotatable bonds is 8. The minimum atomic E-state index is -3.67. The number of aromatic nitrogens is 1. The van der Waals surface area contributed by atoms with E-state index in [1.807, 2.05) is 34.6 Å². The van der Waals surface area contributed by atoms with E-state index in [0.29, 0.717) is 29.1 Å². The van der Waals surface area contributed by atoms with Gasteiger partial charge in [0.2, 0.25) is 15.8 Å². The van der Waals surface area contributed by atoms with Gasteiger partial charge in [-0.15, -0.1) is 0 Å². The van der Waals surface area contributed by atoms with E-state index in [4.69, 9.17) is 4.74 Å². The molecule has 32 heavy (non-hydrogen) atoms. The van der Waals surface area contributed by atoms with Crippen molar-refractivity contribution in [2.75, 3.05) is 13.4 Å². The smallest absolute Gasteiger partial charge is 0.265 e. The van der Waals surface area contributed by atoms with Crippen molar-refractivity contribution in [3.8, 4) is 5.75 Å². The van der Waals surface area contributed by atoms with Crippen LogP contribution < -0.4 is 9.46 Å². The molecular weight excluding hydrogens is 428 g/mol. The molecule has 0 aliphatic heterocycles. The molecule has 166 valence electrons. The number of nitrogens with one attached hydrogen (secondary N) is 1. The van der Waals surface area contributed by atoms with Gasteiger partial charge in [0, 0.05) is 23.9 Å². The first-order valence-corrected chi connectivity index (χ1v) is 11.7. The summed E-state index contributed by atoms with van der Waals surface area (Å²) in [6, 6.07) is 15.5. The summed E-state index contributed by atoms with van der Waals surface area (Å²) in [5.41, 5.74) is 2.86. The Bertz CT molecular complexity index is 1270. The van der Waals surface area contributed by atoms with E-state index >= 15 is 0 Å². The first kappa shape index (κ1) is 23.0. The van der Waals surface area contributed by atoms with Crippen molar-refractivity contribution >= 4 is 27.8 Å². The van der Waals surface area contributed by atoms with Crippen LogP contribution in [0.1, 0.15) is 37.5 Å². The molecule has 3 rings (SSSR count). The maximum absolute atomic E-state index is 13.0. The molecule has 0 spiro atoms. The van der Waals surface area contributed by atoms with Gasteiger partial charge in [-0.2, -0.15) is 0 Å². The van der Waals surface area contributed by atoms with Gasteiger partial charge >= 0.3 is 0 Å². The summed E-state index contributed by atoms with van der Waals surface area (Å²) in [5, 5.41) is 0. The first-order valence-electron chi connectivity index (χ1n) is 9.81. The van der Waals surface area contributed by atoms with Crippen LogP contribution in [-0.2, 0) is 16.6 Å². The van der Waals surface area contributed by atoms with Crippen LogP contribution in [0.25, 0.3) is 6.08 Å². The van der Waals surface area contributed by atoms with E-state index in [1.54, 1.807) is 61.7 Å². The Morgan fingerprint density at radius 3 is 2.44 bits per heavy atom. The molecule has 0 saturated carbocycles. The second-order valence-corrected chi connectivity index (χ2v) is 9.05. The van der Waals surface area contributed by atoms with E-state index in [9.17, 15) is 18.0 Å². The zero-order valence-electron chi connectivity index (χ0n) is 18.0.